The van der Waals surface area contributed by atoms with E-state index in [1.165, 1.54) is 25.7 Å². The molecule has 0 aliphatic heterocycles. The molecule has 2 rings (SSSR count). The average molecular weight is 395 g/mol. The Kier molecular flexibility index (Phi) is 7.73. The van der Waals surface area contributed by atoms with E-state index in [2.05, 4.69) is 57.9 Å². The molecule has 0 nitrogen and oxygen atoms in total. The van der Waals surface area contributed by atoms with Crippen molar-refractivity contribution in [1.29, 1.82) is 0 Å². The molecule has 0 fully saturated rings. The second-order valence-electron chi connectivity index (χ2n) is 7.74. The van der Waals surface area contributed by atoms with Crippen LogP contribution in [0.5, 0.6) is 0 Å². The molecule has 0 saturated heterocycles. The van der Waals surface area contributed by atoms with Gasteiger partial charge in [0.25, 0.3) is 0 Å². The molecular formula is C18H32Cl2SiTi. The van der Waals surface area contributed by atoms with Crippen molar-refractivity contribution >= 4 is 32.4 Å². The minimum Gasteiger partial charge on any atom is -0.147 e. The third kappa shape index (κ3) is 3.92. The van der Waals surface area contributed by atoms with Gasteiger partial charge < -0.3 is 0 Å². The van der Waals surface area contributed by atoms with E-state index in [1.807, 2.05) is 7.76 Å². The predicted molar refractivity (Wildman–Crippen MR) is 106 cm³/mol. The summed E-state index contributed by atoms with van der Waals surface area (Å²) in [6, 6.07) is 0. The Morgan fingerprint density at radius 3 is 1.45 bits per heavy atom. The Morgan fingerprint density at radius 2 is 1.18 bits per heavy atom. The van der Waals surface area contributed by atoms with Crippen molar-refractivity contribution < 1.29 is 14.0 Å². The number of halogens is 2. The Morgan fingerprint density at radius 1 is 0.864 bits per heavy atom. The molecule has 2 aliphatic carbocycles. The van der Waals surface area contributed by atoms with E-state index < -0.39 is 14.0 Å². The number of allylic oxidation sites excluding steroid dienone is 8. The zero-order valence-electron chi connectivity index (χ0n) is 15.0. The third-order valence-corrected chi connectivity index (χ3v) is 16.3. The van der Waals surface area contributed by atoms with Gasteiger partial charge in [-0.25, -0.2) is 0 Å². The van der Waals surface area contributed by atoms with Crippen LogP contribution in [0.4, 0.5) is 0 Å². The van der Waals surface area contributed by atoms with Crippen LogP contribution in [0.15, 0.2) is 42.2 Å². The summed E-state index contributed by atoms with van der Waals surface area (Å²) in [6.45, 7) is 9.26. The number of rotatable bonds is 4. The van der Waals surface area contributed by atoms with Gasteiger partial charge in [-0.15, -0.1) is 24.8 Å². The van der Waals surface area contributed by atoms with Gasteiger partial charge in [0.2, 0.25) is 0 Å². The summed E-state index contributed by atoms with van der Waals surface area (Å²) in [5, 5.41) is 5.31. The zero-order chi connectivity index (χ0) is 15.2. The normalized spacial score (nSPS) is 18.9. The molecule has 126 valence electrons. The van der Waals surface area contributed by atoms with Crippen molar-refractivity contribution in [2.45, 2.75) is 63.8 Å². The van der Waals surface area contributed by atoms with E-state index in [1.54, 1.807) is 22.3 Å². The monoisotopic (exact) mass is 394 g/mol. The van der Waals surface area contributed by atoms with Gasteiger partial charge in [0.05, 0.1) is 0 Å². The summed E-state index contributed by atoms with van der Waals surface area (Å²) < 4.78 is 3.70. The quantitative estimate of drug-likeness (QED) is 0.498. The Labute approximate surface area is 151 Å². The van der Waals surface area contributed by atoms with Crippen molar-refractivity contribution in [2.75, 3.05) is 0 Å². The van der Waals surface area contributed by atoms with Gasteiger partial charge in [-0.2, -0.15) is 0 Å². The maximum Gasteiger partial charge on any atom is -0.147 e. The Bertz CT molecular complexity index is 592. The van der Waals surface area contributed by atoms with Crippen LogP contribution in [-0.4, -0.2) is 7.63 Å². The number of hydrogen-bond acceptors (Lipinski definition) is 0. The van der Waals surface area contributed by atoms with Gasteiger partial charge >= 0.3 is 128 Å². The van der Waals surface area contributed by atoms with Crippen molar-refractivity contribution in [3.8, 4) is 0 Å². The fraction of sp³-hybridized carbons (Fsp3) is 0.556. The first-order valence-corrected chi connectivity index (χ1v) is 16.7. The molecule has 0 amide bonds. The van der Waals surface area contributed by atoms with Gasteiger partial charge in [-0.3, -0.25) is 0 Å². The first kappa shape index (κ1) is 22.5. The summed E-state index contributed by atoms with van der Waals surface area (Å²) in [4.78, 5) is 0. The van der Waals surface area contributed by atoms with E-state index in [-0.39, 0.29) is 24.8 Å². The summed E-state index contributed by atoms with van der Waals surface area (Å²) in [5.74, 6) is 0. The molecule has 22 heavy (non-hydrogen) atoms. The maximum absolute atomic E-state index is 2.68. The van der Waals surface area contributed by atoms with E-state index in [0.29, 0.717) is 0 Å². The molecule has 0 spiro atoms. The van der Waals surface area contributed by atoms with Crippen LogP contribution in [0.2, 0.25) is 10.5 Å². The SMILES string of the molecule is CCC1=[C]([Ti]([CH3])([CH3])(=[SiH2])[C]2=C(CC)C=C(C)C2)CC(C)=C1.Cl.Cl. The molecule has 0 aromatic carbocycles. The van der Waals surface area contributed by atoms with Gasteiger partial charge in [-0.1, -0.05) is 0 Å². The van der Waals surface area contributed by atoms with Crippen LogP contribution in [-0.2, 0) is 14.0 Å². The molecule has 0 aromatic heterocycles. The zero-order valence-corrected chi connectivity index (χ0v) is 19.6. The summed E-state index contributed by atoms with van der Waals surface area (Å²) in [5.41, 5.74) is 6.46. The third-order valence-electron chi connectivity index (χ3n) is 5.23. The van der Waals surface area contributed by atoms with Crippen LogP contribution >= 0.6 is 24.8 Å². The first-order valence-electron chi connectivity index (χ1n) is 8.04. The second-order valence-corrected chi connectivity index (χ2v) is 26.8. The summed E-state index contributed by atoms with van der Waals surface area (Å²) in [6.07, 6.45) is 9.84. The molecule has 0 unspecified atom stereocenters. The largest absolute Gasteiger partial charge is 0.147 e. The predicted octanol–water partition coefficient (Wildman–Crippen LogP) is 6.19. The van der Waals surface area contributed by atoms with Crippen molar-refractivity contribution in [1.82, 2.24) is 0 Å². The Hall–Kier alpha value is 0.471. The standard InChI is InChI=1S/2C8H11.2CH3.2ClH.H2Si.Ti/c2*1-3-8-5-4-7(2)6-8;;;;;;/h2*6H,3-4H2,1-2H3;2*1H3;2*1H;1H2;. The Balaban J connectivity index is 0.00000220. The first-order chi connectivity index (χ1) is 9.18. The van der Waals surface area contributed by atoms with Crippen LogP contribution in [0.1, 0.15) is 53.4 Å². The average Bonchev–Trinajstić information content (AvgIpc) is 2.92. The molecule has 0 aromatic rings. The fourth-order valence-electron chi connectivity index (χ4n) is 4.07. The van der Waals surface area contributed by atoms with Crippen molar-refractivity contribution in [2.24, 2.45) is 0 Å². The number of hydrogen-bond donors (Lipinski definition) is 0. The summed E-state index contributed by atoms with van der Waals surface area (Å²) in [7, 11) is 2.39. The topological polar surface area (TPSA) is 0 Å². The van der Waals surface area contributed by atoms with Crippen molar-refractivity contribution in [3.63, 3.8) is 0 Å². The second kappa shape index (κ2) is 7.57. The van der Waals surface area contributed by atoms with Gasteiger partial charge in [-0.05, 0) is 0 Å². The van der Waals surface area contributed by atoms with E-state index in [9.17, 15) is 0 Å². The van der Waals surface area contributed by atoms with Gasteiger partial charge in [0.1, 0.15) is 0 Å². The maximum atomic E-state index is 2.66. The van der Waals surface area contributed by atoms with Crippen LogP contribution < -0.4 is 0 Å². The minimum absolute atomic E-state index is 0. The smallest absolute Gasteiger partial charge is 0.147 e. The molecule has 0 atom stereocenters. The van der Waals surface area contributed by atoms with Crippen LogP contribution in [0.25, 0.3) is 0 Å². The molecule has 0 radical (unpaired) electrons. The van der Waals surface area contributed by atoms with E-state index in [4.69, 9.17) is 0 Å². The minimum atomic E-state index is -2.68. The molecule has 0 saturated carbocycles. The molecule has 2 aliphatic rings. The van der Waals surface area contributed by atoms with Crippen molar-refractivity contribution in [3.05, 3.63) is 42.2 Å². The summed E-state index contributed by atoms with van der Waals surface area (Å²) >= 11 is -2.68. The molecule has 0 N–H and O–H groups in total. The van der Waals surface area contributed by atoms with Gasteiger partial charge in [0.15, 0.2) is 0 Å². The molecule has 0 heterocycles. The molecule has 0 bridgehead atoms. The molecular weight excluding hydrogens is 363 g/mol. The van der Waals surface area contributed by atoms with E-state index in [0.717, 1.165) is 0 Å². The van der Waals surface area contributed by atoms with Gasteiger partial charge in [0, 0.05) is 0 Å². The van der Waals surface area contributed by atoms with Crippen LogP contribution in [0, 0.1) is 0 Å². The van der Waals surface area contributed by atoms with E-state index >= 15 is 0 Å². The molecule has 4 heteroatoms. The van der Waals surface area contributed by atoms with Crippen LogP contribution in [0.3, 0.4) is 0 Å². The fourth-order valence-corrected chi connectivity index (χ4v) is 14.2.